The molecular formula is C6H12F2N2O3S. The third-order valence-electron chi connectivity index (χ3n) is 1.24. The van der Waals surface area contributed by atoms with Crippen LogP contribution >= 0.6 is 0 Å². The first kappa shape index (κ1) is 13.2. The van der Waals surface area contributed by atoms with E-state index in [0.29, 0.717) is 0 Å². The summed E-state index contributed by atoms with van der Waals surface area (Å²) in [5, 5.41) is 1.78. The molecule has 0 rings (SSSR count). The molecule has 0 aliphatic rings. The summed E-state index contributed by atoms with van der Waals surface area (Å²) in [5.74, 6) is -4.96. The van der Waals surface area contributed by atoms with Crippen LogP contribution in [0.4, 0.5) is 8.78 Å². The normalized spacial score (nSPS) is 12.6. The van der Waals surface area contributed by atoms with Gasteiger partial charge in [-0.2, -0.15) is 0 Å². The van der Waals surface area contributed by atoms with Crippen molar-refractivity contribution < 1.29 is 22.0 Å². The van der Waals surface area contributed by atoms with Crippen molar-refractivity contribution in [2.45, 2.75) is 5.92 Å². The van der Waals surface area contributed by atoms with Crippen molar-refractivity contribution in [1.29, 1.82) is 0 Å². The smallest absolute Gasteiger partial charge is 0.277 e. The maximum atomic E-state index is 12.5. The molecule has 5 nitrogen and oxygen atoms in total. The summed E-state index contributed by atoms with van der Waals surface area (Å²) in [7, 11) is -3.49. The quantitative estimate of drug-likeness (QED) is 0.617. The lowest BCUT2D eigenvalue weighted by atomic mass is 10.3. The van der Waals surface area contributed by atoms with Crippen LogP contribution in [-0.2, 0) is 14.6 Å². The largest absolute Gasteiger partial charge is 0.349 e. The molecule has 0 aliphatic carbocycles. The molecule has 0 heterocycles. The standard InChI is InChI=1S/C6H12F2N2O3S/c1-14(12,13)2-5(11)10-4-6(7,8)3-9/h2-4,9H2,1H3,(H,10,11). The second kappa shape index (κ2) is 4.65. The number of halogens is 2. The Morgan fingerprint density at radius 3 is 2.36 bits per heavy atom. The lowest BCUT2D eigenvalue weighted by Crippen LogP contribution is -2.43. The van der Waals surface area contributed by atoms with Gasteiger partial charge in [0, 0.05) is 6.26 Å². The average molecular weight is 230 g/mol. The molecule has 0 spiro atoms. The summed E-state index contributed by atoms with van der Waals surface area (Å²) in [5.41, 5.74) is 4.70. The molecule has 0 saturated heterocycles. The van der Waals surface area contributed by atoms with Gasteiger partial charge >= 0.3 is 0 Å². The van der Waals surface area contributed by atoms with E-state index in [2.05, 4.69) is 0 Å². The topological polar surface area (TPSA) is 89.3 Å². The minimum Gasteiger partial charge on any atom is -0.349 e. The highest BCUT2D eigenvalue weighted by atomic mass is 32.2. The van der Waals surface area contributed by atoms with E-state index in [1.165, 1.54) is 0 Å². The van der Waals surface area contributed by atoms with E-state index < -0.39 is 40.5 Å². The van der Waals surface area contributed by atoms with Crippen molar-refractivity contribution in [3.8, 4) is 0 Å². The van der Waals surface area contributed by atoms with Crippen molar-refractivity contribution in [2.24, 2.45) is 5.73 Å². The highest BCUT2D eigenvalue weighted by Crippen LogP contribution is 2.08. The molecule has 0 atom stereocenters. The fourth-order valence-electron chi connectivity index (χ4n) is 0.589. The number of nitrogens with one attached hydrogen (secondary N) is 1. The van der Waals surface area contributed by atoms with E-state index in [0.717, 1.165) is 6.26 Å². The zero-order valence-electron chi connectivity index (χ0n) is 7.59. The molecular weight excluding hydrogens is 218 g/mol. The Balaban J connectivity index is 3.99. The molecule has 1 amide bonds. The molecule has 0 aliphatic heterocycles. The van der Waals surface area contributed by atoms with Crippen molar-refractivity contribution in [2.75, 3.05) is 25.1 Å². The molecule has 14 heavy (non-hydrogen) atoms. The van der Waals surface area contributed by atoms with Gasteiger partial charge < -0.3 is 11.1 Å². The number of hydrogen-bond acceptors (Lipinski definition) is 4. The summed E-state index contributed by atoms with van der Waals surface area (Å²) >= 11 is 0. The number of carbonyl (C=O) groups excluding carboxylic acids is 1. The van der Waals surface area contributed by atoms with Gasteiger partial charge in [-0.3, -0.25) is 4.79 Å². The number of carbonyl (C=O) groups is 1. The molecule has 0 aromatic rings. The fraction of sp³-hybridized carbons (Fsp3) is 0.833. The second-order valence-electron chi connectivity index (χ2n) is 2.91. The van der Waals surface area contributed by atoms with Crippen LogP contribution in [0.1, 0.15) is 0 Å². The Labute approximate surface area is 80.6 Å². The maximum Gasteiger partial charge on any atom is 0.277 e. The van der Waals surface area contributed by atoms with E-state index in [9.17, 15) is 22.0 Å². The zero-order valence-corrected chi connectivity index (χ0v) is 8.40. The molecule has 0 radical (unpaired) electrons. The van der Waals surface area contributed by atoms with Gasteiger partial charge in [-0.15, -0.1) is 0 Å². The van der Waals surface area contributed by atoms with Crippen molar-refractivity contribution in [3.63, 3.8) is 0 Å². The van der Waals surface area contributed by atoms with Crippen LogP contribution < -0.4 is 11.1 Å². The third-order valence-corrected chi connectivity index (χ3v) is 2.02. The van der Waals surface area contributed by atoms with Crippen molar-refractivity contribution in [1.82, 2.24) is 5.32 Å². The molecule has 0 aromatic heterocycles. The SMILES string of the molecule is CS(=O)(=O)CC(=O)NCC(F)(F)CN. The van der Waals surface area contributed by atoms with Gasteiger partial charge in [0.05, 0.1) is 13.1 Å². The van der Waals surface area contributed by atoms with Gasteiger partial charge in [0.15, 0.2) is 9.84 Å². The van der Waals surface area contributed by atoms with Crippen LogP contribution in [-0.4, -0.2) is 45.3 Å². The first-order valence-electron chi connectivity index (χ1n) is 3.68. The summed E-state index contributed by atoms with van der Waals surface area (Å²) < 4.78 is 46.0. The summed E-state index contributed by atoms with van der Waals surface area (Å²) in [6.45, 7) is -1.84. The number of hydrogen-bond donors (Lipinski definition) is 2. The molecule has 3 N–H and O–H groups in total. The number of alkyl halides is 2. The van der Waals surface area contributed by atoms with Crippen LogP contribution in [0, 0.1) is 0 Å². The first-order chi connectivity index (χ1) is 6.16. The molecule has 0 aromatic carbocycles. The monoisotopic (exact) mass is 230 g/mol. The number of amides is 1. The van der Waals surface area contributed by atoms with E-state index in [1.807, 2.05) is 0 Å². The van der Waals surface area contributed by atoms with E-state index >= 15 is 0 Å². The van der Waals surface area contributed by atoms with Gasteiger partial charge in [0.25, 0.3) is 5.92 Å². The predicted octanol–water partition coefficient (Wildman–Crippen LogP) is -1.26. The Bertz CT molecular complexity index is 302. The molecule has 84 valence electrons. The molecule has 0 fully saturated rings. The number of rotatable bonds is 5. The zero-order chi connectivity index (χ0) is 11.4. The lowest BCUT2D eigenvalue weighted by molar-refractivity contribution is -0.120. The van der Waals surface area contributed by atoms with Gasteiger partial charge in [-0.1, -0.05) is 0 Å². The average Bonchev–Trinajstić information content (AvgIpc) is 1.98. The maximum absolute atomic E-state index is 12.5. The minimum atomic E-state index is -3.49. The molecule has 8 heteroatoms. The summed E-state index contributed by atoms with van der Waals surface area (Å²) in [6, 6.07) is 0. The van der Waals surface area contributed by atoms with Crippen LogP contribution in [0.3, 0.4) is 0 Å². The van der Waals surface area contributed by atoms with Crippen molar-refractivity contribution >= 4 is 15.7 Å². The third kappa shape index (κ3) is 6.72. The van der Waals surface area contributed by atoms with Crippen LogP contribution in [0.2, 0.25) is 0 Å². The van der Waals surface area contributed by atoms with Gasteiger partial charge in [0.2, 0.25) is 5.91 Å². The second-order valence-corrected chi connectivity index (χ2v) is 5.05. The molecule has 0 unspecified atom stereocenters. The van der Waals surface area contributed by atoms with Gasteiger partial charge in [0.1, 0.15) is 5.75 Å². The van der Waals surface area contributed by atoms with Crippen LogP contribution in [0.5, 0.6) is 0 Å². The molecule has 0 bridgehead atoms. The van der Waals surface area contributed by atoms with Crippen molar-refractivity contribution in [3.05, 3.63) is 0 Å². The molecule has 0 saturated carbocycles. The predicted molar refractivity (Wildman–Crippen MR) is 46.7 cm³/mol. The van der Waals surface area contributed by atoms with E-state index in [-0.39, 0.29) is 0 Å². The Morgan fingerprint density at radius 2 is 2.00 bits per heavy atom. The van der Waals surface area contributed by atoms with Gasteiger partial charge in [-0.25, -0.2) is 17.2 Å². The number of nitrogens with two attached hydrogens (primary N) is 1. The minimum absolute atomic E-state index is 0.798. The van der Waals surface area contributed by atoms with Crippen LogP contribution in [0.15, 0.2) is 0 Å². The van der Waals surface area contributed by atoms with Gasteiger partial charge in [-0.05, 0) is 0 Å². The summed E-state index contributed by atoms with van der Waals surface area (Å²) in [4.78, 5) is 10.8. The Hall–Kier alpha value is -0.760. The highest BCUT2D eigenvalue weighted by molar-refractivity contribution is 7.91. The van der Waals surface area contributed by atoms with Crippen LogP contribution in [0.25, 0.3) is 0 Å². The fourth-order valence-corrected chi connectivity index (χ4v) is 1.17. The Kier molecular flexibility index (Phi) is 4.40. The Morgan fingerprint density at radius 1 is 1.50 bits per heavy atom. The summed E-state index contributed by atoms with van der Waals surface area (Å²) in [6.07, 6.45) is 0.841. The highest BCUT2D eigenvalue weighted by Gasteiger charge is 2.27. The van der Waals surface area contributed by atoms with E-state index in [1.54, 1.807) is 5.32 Å². The lowest BCUT2D eigenvalue weighted by Gasteiger charge is -2.13. The van der Waals surface area contributed by atoms with E-state index in [4.69, 9.17) is 5.73 Å². The number of sulfone groups is 1. The first-order valence-corrected chi connectivity index (χ1v) is 5.75.